The number of hydrogen-bond donors (Lipinski definition) is 1. The van der Waals surface area contributed by atoms with Gasteiger partial charge in [-0.25, -0.2) is 4.79 Å². The summed E-state index contributed by atoms with van der Waals surface area (Å²) in [7, 11) is 0. The quantitative estimate of drug-likeness (QED) is 0.671. The van der Waals surface area contributed by atoms with Gasteiger partial charge in [0.15, 0.2) is 18.1 Å². The third-order valence-electron chi connectivity index (χ3n) is 6.03. The zero-order valence-electron chi connectivity index (χ0n) is 16.8. The average Bonchev–Trinajstić information content (AvgIpc) is 3.47. The maximum atomic E-state index is 12.4. The first kappa shape index (κ1) is 19.3. The van der Waals surface area contributed by atoms with Gasteiger partial charge in [0.1, 0.15) is 5.75 Å². The van der Waals surface area contributed by atoms with Gasteiger partial charge in [-0.1, -0.05) is 5.16 Å². The Morgan fingerprint density at radius 1 is 1.13 bits per heavy atom. The van der Waals surface area contributed by atoms with Gasteiger partial charge in [0.2, 0.25) is 0 Å². The van der Waals surface area contributed by atoms with Crippen LogP contribution in [-0.2, 0) is 11.3 Å². The number of hydrogen-bond acceptors (Lipinski definition) is 7. The molecule has 2 N–H and O–H groups in total. The Hall–Kier alpha value is -3.62. The lowest BCUT2D eigenvalue weighted by Crippen LogP contribution is -2.31. The van der Waals surface area contributed by atoms with Crippen LogP contribution in [0.1, 0.15) is 29.1 Å². The van der Waals surface area contributed by atoms with E-state index in [1.165, 1.54) is 6.07 Å². The van der Waals surface area contributed by atoms with E-state index < -0.39 is 12.0 Å². The van der Waals surface area contributed by atoms with E-state index in [4.69, 9.17) is 19.7 Å². The molecule has 0 unspecified atom stereocenters. The van der Waals surface area contributed by atoms with Gasteiger partial charge in [0.25, 0.3) is 5.91 Å². The summed E-state index contributed by atoms with van der Waals surface area (Å²) in [6.07, 6.45) is 5.19. The van der Waals surface area contributed by atoms with Gasteiger partial charge in [-0.05, 0) is 54.3 Å². The lowest BCUT2D eigenvalue weighted by Gasteiger charge is -2.19. The number of benzene rings is 1. The second kappa shape index (κ2) is 7.90. The van der Waals surface area contributed by atoms with E-state index in [0.29, 0.717) is 24.9 Å². The molecule has 3 atom stereocenters. The predicted octanol–water partition coefficient (Wildman–Crippen LogP) is 2.75. The van der Waals surface area contributed by atoms with Crippen molar-refractivity contribution >= 4 is 22.8 Å². The van der Waals surface area contributed by atoms with Crippen molar-refractivity contribution < 1.29 is 23.6 Å². The number of carbonyl (C=O) groups excluding carboxylic acids is 2. The summed E-state index contributed by atoms with van der Waals surface area (Å²) in [4.78, 5) is 29.3. The molecule has 3 aromatic rings. The van der Waals surface area contributed by atoms with Crippen LogP contribution in [0.4, 0.5) is 4.79 Å². The molecule has 160 valence electrons. The summed E-state index contributed by atoms with van der Waals surface area (Å²) in [5.74, 6) is 1.25. The number of rotatable bonds is 5. The smallest absolute Gasteiger partial charge is 0.410 e. The molecule has 3 heterocycles. The molecule has 2 amide bonds. The summed E-state index contributed by atoms with van der Waals surface area (Å²) in [5.41, 5.74) is 5.14. The van der Waals surface area contributed by atoms with Crippen molar-refractivity contribution in [2.45, 2.75) is 25.6 Å². The van der Waals surface area contributed by atoms with E-state index in [2.05, 4.69) is 10.1 Å². The number of ether oxygens (including phenoxy) is 2. The molecular formula is C22H22N4O5. The lowest BCUT2D eigenvalue weighted by atomic mass is 10.0. The van der Waals surface area contributed by atoms with Crippen LogP contribution >= 0.6 is 0 Å². The van der Waals surface area contributed by atoms with Crippen LogP contribution in [0.5, 0.6) is 5.75 Å². The number of fused-ring (bicyclic) bond motifs is 2. The van der Waals surface area contributed by atoms with Crippen molar-refractivity contribution in [3.05, 3.63) is 54.2 Å². The molecular weight excluding hydrogens is 400 g/mol. The molecule has 0 bridgehead atoms. The SMILES string of the molecule is NC(=O)c1cc(COC(=O)N2C[C@H]3C[C@@H](Oc4ccc5cnccc5c4)C[C@H]3C2)on1. The Kier molecular flexibility index (Phi) is 4.93. The molecule has 1 aliphatic heterocycles. The van der Waals surface area contributed by atoms with Gasteiger partial charge >= 0.3 is 6.09 Å². The molecule has 1 aromatic carbocycles. The van der Waals surface area contributed by atoms with Crippen LogP contribution < -0.4 is 10.5 Å². The third-order valence-corrected chi connectivity index (χ3v) is 6.03. The van der Waals surface area contributed by atoms with E-state index >= 15 is 0 Å². The van der Waals surface area contributed by atoms with Crippen LogP contribution in [0.2, 0.25) is 0 Å². The second-order valence-electron chi connectivity index (χ2n) is 8.12. The highest BCUT2D eigenvalue weighted by Gasteiger charge is 2.43. The number of carbonyl (C=O) groups is 2. The van der Waals surface area contributed by atoms with E-state index in [1.807, 2.05) is 30.5 Å². The van der Waals surface area contributed by atoms with Crippen LogP contribution in [0.3, 0.4) is 0 Å². The van der Waals surface area contributed by atoms with Crippen LogP contribution in [0.15, 0.2) is 47.2 Å². The van der Waals surface area contributed by atoms with Crippen LogP contribution in [0, 0.1) is 11.8 Å². The molecule has 2 aliphatic rings. The molecule has 9 heteroatoms. The highest BCUT2D eigenvalue weighted by molar-refractivity contribution is 5.90. The molecule has 0 spiro atoms. The number of likely N-dealkylation sites (tertiary alicyclic amines) is 1. The topological polar surface area (TPSA) is 121 Å². The van der Waals surface area contributed by atoms with Gasteiger partial charge in [0.05, 0.1) is 6.10 Å². The molecule has 1 saturated heterocycles. The highest BCUT2D eigenvalue weighted by atomic mass is 16.6. The van der Waals surface area contributed by atoms with Crippen molar-refractivity contribution in [2.24, 2.45) is 17.6 Å². The van der Waals surface area contributed by atoms with Gasteiger partial charge in [0, 0.05) is 36.9 Å². The van der Waals surface area contributed by atoms with Crippen molar-refractivity contribution in [3.8, 4) is 5.75 Å². The van der Waals surface area contributed by atoms with E-state index in [-0.39, 0.29) is 24.2 Å². The predicted molar refractivity (Wildman–Crippen MR) is 109 cm³/mol. The third kappa shape index (κ3) is 4.03. The fourth-order valence-corrected chi connectivity index (χ4v) is 4.54. The Bertz CT molecular complexity index is 1120. The largest absolute Gasteiger partial charge is 0.490 e. The van der Waals surface area contributed by atoms with Crippen molar-refractivity contribution in [2.75, 3.05) is 13.1 Å². The number of pyridine rings is 1. The molecule has 1 aliphatic carbocycles. The summed E-state index contributed by atoms with van der Waals surface area (Å²) in [6.45, 7) is 1.21. The first-order valence-corrected chi connectivity index (χ1v) is 10.2. The minimum absolute atomic E-state index is 0.0101. The molecule has 2 aromatic heterocycles. The summed E-state index contributed by atoms with van der Waals surface area (Å²) in [5, 5.41) is 5.72. The normalized spacial score (nSPS) is 22.5. The van der Waals surface area contributed by atoms with E-state index in [0.717, 1.165) is 29.4 Å². The van der Waals surface area contributed by atoms with Gasteiger partial charge in [-0.3, -0.25) is 9.78 Å². The number of nitrogens with two attached hydrogens (primary N) is 1. The first-order chi connectivity index (χ1) is 15.0. The Labute approximate surface area is 178 Å². The van der Waals surface area contributed by atoms with Crippen molar-refractivity contribution in [1.29, 1.82) is 0 Å². The van der Waals surface area contributed by atoms with Crippen molar-refractivity contribution in [3.63, 3.8) is 0 Å². The second-order valence-corrected chi connectivity index (χ2v) is 8.12. The van der Waals surface area contributed by atoms with E-state index in [1.54, 1.807) is 11.1 Å². The average molecular weight is 422 g/mol. The minimum atomic E-state index is -0.689. The maximum absolute atomic E-state index is 12.4. The standard InChI is InChI=1S/C22H22N4O5/c23-21(27)20-8-19(31-25-20)12-29-22(28)26-10-15-6-18(7-16(15)11-26)30-17-2-1-14-9-24-4-3-13(14)5-17/h1-5,8-9,15-16,18H,6-7,10-12H2,(H2,23,27)/t15-,16+,18-. The monoisotopic (exact) mass is 422 g/mol. The number of aromatic nitrogens is 2. The molecule has 31 heavy (non-hydrogen) atoms. The minimum Gasteiger partial charge on any atom is -0.490 e. The molecule has 0 radical (unpaired) electrons. The molecule has 5 rings (SSSR count). The van der Waals surface area contributed by atoms with E-state index in [9.17, 15) is 9.59 Å². The zero-order valence-corrected chi connectivity index (χ0v) is 16.8. The Morgan fingerprint density at radius 2 is 1.94 bits per heavy atom. The Balaban J connectivity index is 1.12. The number of primary amides is 1. The summed E-state index contributed by atoms with van der Waals surface area (Å²) in [6, 6.07) is 9.39. The van der Waals surface area contributed by atoms with Crippen LogP contribution in [0.25, 0.3) is 10.8 Å². The number of amides is 2. The zero-order chi connectivity index (χ0) is 21.4. The molecule has 2 fully saturated rings. The fraction of sp³-hybridized carbons (Fsp3) is 0.364. The lowest BCUT2D eigenvalue weighted by molar-refractivity contribution is 0.0899. The van der Waals surface area contributed by atoms with Gasteiger partial charge < -0.3 is 24.6 Å². The maximum Gasteiger partial charge on any atom is 0.410 e. The molecule has 9 nitrogen and oxygen atoms in total. The molecule has 1 saturated carbocycles. The number of nitrogens with zero attached hydrogens (tertiary/aromatic N) is 3. The fourth-order valence-electron chi connectivity index (χ4n) is 4.54. The van der Waals surface area contributed by atoms with Gasteiger partial charge in [-0.15, -0.1) is 0 Å². The first-order valence-electron chi connectivity index (χ1n) is 10.2. The summed E-state index contributed by atoms with van der Waals surface area (Å²) < 4.78 is 16.5. The van der Waals surface area contributed by atoms with Crippen LogP contribution in [-0.4, -0.2) is 46.2 Å². The Morgan fingerprint density at radius 3 is 2.68 bits per heavy atom. The highest BCUT2D eigenvalue weighted by Crippen LogP contribution is 2.40. The van der Waals surface area contributed by atoms with Gasteiger partial charge in [-0.2, -0.15) is 0 Å². The van der Waals surface area contributed by atoms with Crippen molar-refractivity contribution in [1.82, 2.24) is 15.0 Å². The summed E-state index contributed by atoms with van der Waals surface area (Å²) >= 11 is 0.